The zero-order valence-electron chi connectivity index (χ0n) is 19.3. The van der Waals surface area contributed by atoms with Crippen molar-refractivity contribution >= 4 is 0 Å². The van der Waals surface area contributed by atoms with Crippen molar-refractivity contribution in [3.05, 3.63) is 35.5 Å². The van der Waals surface area contributed by atoms with E-state index in [0.717, 1.165) is 49.9 Å². The molecule has 0 heterocycles. The number of rotatable bonds is 6. The Balaban J connectivity index is 1.75. The molecule has 3 aliphatic rings. The Morgan fingerprint density at radius 2 is 1.79 bits per heavy atom. The number of hydrogen-bond acceptors (Lipinski definition) is 2. The first-order valence-electron chi connectivity index (χ1n) is 12.1. The minimum atomic E-state index is -0.227. The van der Waals surface area contributed by atoms with Crippen LogP contribution in [0, 0.1) is 29.1 Å². The summed E-state index contributed by atoms with van der Waals surface area (Å²) < 4.78 is 0. The van der Waals surface area contributed by atoms with Crippen LogP contribution in [0.3, 0.4) is 0 Å². The summed E-state index contributed by atoms with van der Waals surface area (Å²) in [6.07, 6.45) is 14.8. The van der Waals surface area contributed by atoms with Crippen LogP contribution in [0.1, 0.15) is 91.9 Å². The fraction of sp³-hybridized carbons (Fsp3) is 0.778. The molecule has 3 fully saturated rings. The Morgan fingerprint density at radius 1 is 1.03 bits per heavy atom. The summed E-state index contributed by atoms with van der Waals surface area (Å²) in [6, 6.07) is 0. The lowest BCUT2D eigenvalue weighted by Crippen LogP contribution is -2.40. The molecule has 3 rings (SSSR count). The molecule has 0 spiro atoms. The predicted molar refractivity (Wildman–Crippen MR) is 123 cm³/mol. The van der Waals surface area contributed by atoms with Gasteiger partial charge in [0.15, 0.2) is 0 Å². The van der Waals surface area contributed by atoms with Gasteiger partial charge < -0.3 is 10.2 Å². The average Bonchev–Trinajstić information content (AvgIpc) is 2.98. The quantitative estimate of drug-likeness (QED) is 0.528. The standard InChI is InChI=1S/C27H44O2/c1-18(2)7-6-8-20(4)25-13-14-26-22(16-24(29)17-27(25,26)5)11-10-21-15-23(28)12-9-19(21)3/h10-11,18,20,23-26,28-29H,3,6-9,12-17H2,1-2,4-5H3/b21-10+,22-11+/t20-,23+,24?,25-,26+,27-/m1/s1. The molecule has 29 heavy (non-hydrogen) atoms. The Labute approximate surface area is 179 Å². The highest BCUT2D eigenvalue weighted by Crippen LogP contribution is 2.60. The second-order valence-corrected chi connectivity index (χ2v) is 11.0. The van der Waals surface area contributed by atoms with Gasteiger partial charge >= 0.3 is 0 Å². The van der Waals surface area contributed by atoms with Crippen molar-refractivity contribution in [2.24, 2.45) is 29.1 Å². The number of fused-ring (bicyclic) bond motifs is 1. The van der Waals surface area contributed by atoms with Crippen LogP contribution in [0.15, 0.2) is 35.5 Å². The van der Waals surface area contributed by atoms with Crippen LogP contribution in [0.5, 0.6) is 0 Å². The number of aliphatic hydroxyl groups is 2. The third-order valence-electron chi connectivity index (χ3n) is 8.32. The van der Waals surface area contributed by atoms with Gasteiger partial charge in [0.2, 0.25) is 0 Å². The van der Waals surface area contributed by atoms with E-state index in [1.165, 1.54) is 48.8 Å². The van der Waals surface area contributed by atoms with Gasteiger partial charge in [-0.2, -0.15) is 0 Å². The summed E-state index contributed by atoms with van der Waals surface area (Å²) in [6.45, 7) is 13.8. The van der Waals surface area contributed by atoms with Gasteiger partial charge in [-0.1, -0.05) is 76.8 Å². The fourth-order valence-corrected chi connectivity index (χ4v) is 6.72. The monoisotopic (exact) mass is 400 g/mol. The van der Waals surface area contributed by atoms with E-state index in [1.807, 2.05) is 0 Å². The Kier molecular flexibility index (Phi) is 7.49. The predicted octanol–water partition coefficient (Wildman–Crippen LogP) is 6.59. The molecule has 0 aliphatic heterocycles. The van der Waals surface area contributed by atoms with Crippen LogP contribution in [-0.4, -0.2) is 22.4 Å². The first kappa shape index (κ1) is 22.8. The minimum absolute atomic E-state index is 0.218. The van der Waals surface area contributed by atoms with E-state index in [4.69, 9.17) is 0 Å². The third-order valence-corrected chi connectivity index (χ3v) is 8.32. The number of aliphatic hydroxyl groups excluding tert-OH is 2. The van der Waals surface area contributed by atoms with E-state index in [2.05, 4.69) is 46.4 Å². The molecule has 0 aromatic heterocycles. The van der Waals surface area contributed by atoms with Gasteiger partial charge in [0.05, 0.1) is 12.2 Å². The number of allylic oxidation sites excluding steroid dienone is 3. The van der Waals surface area contributed by atoms with Gasteiger partial charge in [-0.15, -0.1) is 0 Å². The van der Waals surface area contributed by atoms with Gasteiger partial charge in [0, 0.05) is 0 Å². The van der Waals surface area contributed by atoms with Gasteiger partial charge in [0.25, 0.3) is 0 Å². The van der Waals surface area contributed by atoms with Crippen molar-refractivity contribution in [3.8, 4) is 0 Å². The van der Waals surface area contributed by atoms with Gasteiger partial charge in [-0.05, 0) is 79.6 Å². The van der Waals surface area contributed by atoms with Crippen LogP contribution in [-0.2, 0) is 0 Å². The first-order chi connectivity index (χ1) is 13.7. The van der Waals surface area contributed by atoms with E-state index >= 15 is 0 Å². The smallest absolute Gasteiger partial charge is 0.0583 e. The number of hydrogen-bond donors (Lipinski definition) is 2. The van der Waals surface area contributed by atoms with E-state index in [1.54, 1.807) is 0 Å². The highest BCUT2D eigenvalue weighted by atomic mass is 16.3. The maximum atomic E-state index is 10.8. The van der Waals surface area contributed by atoms with Crippen molar-refractivity contribution in [3.63, 3.8) is 0 Å². The van der Waals surface area contributed by atoms with E-state index in [-0.39, 0.29) is 17.6 Å². The molecule has 2 nitrogen and oxygen atoms in total. The SMILES string of the molecule is C=C1CC[C@H](O)C/C1=C\C=C1/CC(O)C[C@]2(C)[C@@H]([C@H](C)CCCC(C)C)CC[C@@H]12. The largest absolute Gasteiger partial charge is 0.393 e. The van der Waals surface area contributed by atoms with Crippen molar-refractivity contribution in [2.75, 3.05) is 0 Å². The molecule has 0 aromatic carbocycles. The highest BCUT2D eigenvalue weighted by Gasteiger charge is 2.52. The Morgan fingerprint density at radius 3 is 2.52 bits per heavy atom. The first-order valence-corrected chi connectivity index (χ1v) is 12.1. The summed E-state index contributed by atoms with van der Waals surface area (Å²) in [5.74, 6) is 2.85. The zero-order chi connectivity index (χ0) is 21.2. The summed E-state index contributed by atoms with van der Waals surface area (Å²) in [5, 5.41) is 20.8. The highest BCUT2D eigenvalue weighted by molar-refractivity contribution is 5.36. The molecular formula is C27H44O2. The summed E-state index contributed by atoms with van der Waals surface area (Å²) in [4.78, 5) is 0. The van der Waals surface area contributed by atoms with Gasteiger partial charge in [0.1, 0.15) is 0 Å². The summed E-state index contributed by atoms with van der Waals surface area (Å²) in [7, 11) is 0. The topological polar surface area (TPSA) is 40.5 Å². The van der Waals surface area contributed by atoms with Crippen LogP contribution in [0.4, 0.5) is 0 Å². The summed E-state index contributed by atoms with van der Waals surface area (Å²) in [5.41, 5.74) is 4.04. The molecule has 1 unspecified atom stereocenters. The second kappa shape index (κ2) is 9.52. The molecule has 3 aliphatic carbocycles. The molecule has 2 N–H and O–H groups in total. The molecule has 164 valence electrons. The average molecular weight is 401 g/mol. The van der Waals surface area contributed by atoms with Crippen molar-refractivity contribution in [1.82, 2.24) is 0 Å². The molecular weight excluding hydrogens is 356 g/mol. The molecule has 0 amide bonds. The van der Waals surface area contributed by atoms with Gasteiger partial charge in [-0.25, -0.2) is 0 Å². The molecule has 0 aromatic rings. The van der Waals surface area contributed by atoms with Crippen LogP contribution in [0.25, 0.3) is 0 Å². The van der Waals surface area contributed by atoms with Crippen LogP contribution in [0.2, 0.25) is 0 Å². The maximum Gasteiger partial charge on any atom is 0.0583 e. The minimum Gasteiger partial charge on any atom is -0.393 e. The molecule has 0 bridgehead atoms. The second-order valence-electron chi connectivity index (χ2n) is 11.0. The van der Waals surface area contributed by atoms with Crippen molar-refractivity contribution in [2.45, 2.75) is 104 Å². The lowest BCUT2D eigenvalue weighted by Gasteiger charge is -2.46. The molecule has 0 radical (unpaired) electrons. The lowest BCUT2D eigenvalue weighted by atomic mass is 9.60. The van der Waals surface area contributed by atoms with Crippen molar-refractivity contribution in [1.29, 1.82) is 0 Å². The third kappa shape index (κ3) is 5.25. The Hall–Kier alpha value is -0.860. The zero-order valence-corrected chi connectivity index (χ0v) is 19.3. The van der Waals surface area contributed by atoms with Crippen LogP contribution < -0.4 is 0 Å². The normalized spacial score (nSPS) is 39.3. The molecule has 6 atom stereocenters. The van der Waals surface area contributed by atoms with Crippen LogP contribution >= 0.6 is 0 Å². The maximum absolute atomic E-state index is 10.8. The summed E-state index contributed by atoms with van der Waals surface area (Å²) >= 11 is 0. The Bertz CT molecular complexity index is 643. The fourth-order valence-electron chi connectivity index (χ4n) is 6.72. The molecule has 2 heteroatoms. The molecule has 0 saturated heterocycles. The van der Waals surface area contributed by atoms with Gasteiger partial charge in [-0.3, -0.25) is 0 Å². The van der Waals surface area contributed by atoms with Crippen molar-refractivity contribution < 1.29 is 10.2 Å². The lowest BCUT2D eigenvalue weighted by molar-refractivity contribution is 0.0164. The van der Waals surface area contributed by atoms with E-state index in [9.17, 15) is 10.2 Å². The van der Waals surface area contributed by atoms with E-state index < -0.39 is 0 Å². The van der Waals surface area contributed by atoms with E-state index in [0.29, 0.717) is 5.92 Å². The molecule has 3 saturated carbocycles.